The van der Waals surface area contributed by atoms with Crippen molar-refractivity contribution in [3.8, 4) is 0 Å². The van der Waals surface area contributed by atoms with E-state index in [1.54, 1.807) is 25.4 Å². The highest BCUT2D eigenvalue weighted by Gasteiger charge is 2.25. The lowest BCUT2D eigenvalue weighted by Gasteiger charge is -2.37. The van der Waals surface area contributed by atoms with E-state index in [9.17, 15) is 9.59 Å². The number of aromatic nitrogens is 1. The summed E-state index contributed by atoms with van der Waals surface area (Å²) in [5.74, 6) is -0.319. The molecule has 6 heteroatoms. The van der Waals surface area contributed by atoms with E-state index < -0.39 is 6.04 Å². The molecule has 0 spiro atoms. The van der Waals surface area contributed by atoms with E-state index >= 15 is 0 Å². The summed E-state index contributed by atoms with van der Waals surface area (Å²) in [6.07, 6.45) is 6.74. The van der Waals surface area contributed by atoms with Crippen molar-refractivity contribution in [2.24, 2.45) is 0 Å². The van der Waals surface area contributed by atoms with E-state index in [2.05, 4.69) is 15.2 Å². The Morgan fingerprint density at radius 3 is 2.37 bits per heavy atom. The first-order valence-electron chi connectivity index (χ1n) is 9.11. The third-order valence-corrected chi connectivity index (χ3v) is 4.58. The average molecular weight is 364 g/mol. The summed E-state index contributed by atoms with van der Waals surface area (Å²) in [5, 5.41) is 2.75. The zero-order valence-electron chi connectivity index (χ0n) is 15.4. The number of amides is 2. The second-order valence-corrected chi connectivity index (χ2v) is 6.49. The number of piperazine rings is 1. The number of rotatable bonds is 5. The Balaban J connectivity index is 1.48. The van der Waals surface area contributed by atoms with Gasteiger partial charge < -0.3 is 15.1 Å². The Labute approximate surface area is 159 Å². The number of pyridine rings is 1. The highest BCUT2D eigenvalue weighted by Crippen LogP contribution is 2.15. The first kappa shape index (κ1) is 18.6. The van der Waals surface area contributed by atoms with Crippen LogP contribution in [-0.2, 0) is 9.59 Å². The molecule has 2 aromatic rings. The molecule has 0 bridgehead atoms. The molecule has 140 valence electrons. The predicted octanol–water partition coefficient (Wildman–Crippen LogP) is 1.95. The topological polar surface area (TPSA) is 65.5 Å². The van der Waals surface area contributed by atoms with Gasteiger partial charge in [-0.1, -0.05) is 30.3 Å². The lowest BCUT2D eigenvalue weighted by molar-refractivity contribution is -0.135. The second-order valence-electron chi connectivity index (χ2n) is 6.49. The number of hydrogen-bond acceptors (Lipinski definition) is 4. The van der Waals surface area contributed by atoms with Gasteiger partial charge in [0.05, 0.1) is 0 Å². The Kier molecular flexibility index (Phi) is 6.20. The first-order chi connectivity index (χ1) is 13.1. The summed E-state index contributed by atoms with van der Waals surface area (Å²) in [6, 6.07) is 13.0. The Morgan fingerprint density at radius 1 is 1.04 bits per heavy atom. The molecule has 1 atom stereocenters. The average Bonchev–Trinajstić information content (AvgIpc) is 2.73. The second kappa shape index (κ2) is 8.98. The van der Waals surface area contributed by atoms with Crippen LogP contribution in [0.25, 0.3) is 6.08 Å². The zero-order valence-corrected chi connectivity index (χ0v) is 15.4. The van der Waals surface area contributed by atoms with Gasteiger partial charge in [0.1, 0.15) is 6.04 Å². The van der Waals surface area contributed by atoms with E-state index in [0.717, 1.165) is 24.3 Å². The van der Waals surface area contributed by atoms with Gasteiger partial charge in [-0.05, 0) is 30.7 Å². The number of carbonyl (C=O) groups is 2. The molecule has 0 radical (unpaired) electrons. The minimum Gasteiger partial charge on any atom is -0.368 e. The SMILES string of the molecule is C[C@H](NC(=O)/C=C/c1ccccc1)C(=O)N1CCN(c2ccncc2)CC1. The molecule has 1 aliphatic heterocycles. The van der Waals surface area contributed by atoms with E-state index in [1.807, 2.05) is 47.4 Å². The lowest BCUT2D eigenvalue weighted by atomic mass is 10.2. The zero-order chi connectivity index (χ0) is 19.1. The van der Waals surface area contributed by atoms with E-state index in [1.165, 1.54) is 6.08 Å². The number of nitrogens with one attached hydrogen (secondary N) is 1. The van der Waals surface area contributed by atoms with Crippen LogP contribution in [0.4, 0.5) is 5.69 Å². The maximum Gasteiger partial charge on any atom is 0.244 e. The van der Waals surface area contributed by atoms with Crippen LogP contribution in [0.2, 0.25) is 0 Å². The number of nitrogens with zero attached hydrogens (tertiary/aromatic N) is 3. The lowest BCUT2D eigenvalue weighted by Crippen LogP contribution is -2.54. The smallest absolute Gasteiger partial charge is 0.244 e. The third-order valence-electron chi connectivity index (χ3n) is 4.58. The van der Waals surface area contributed by atoms with Gasteiger partial charge in [0, 0.05) is 50.3 Å². The summed E-state index contributed by atoms with van der Waals surface area (Å²) in [6.45, 7) is 4.54. The van der Waals surface area contributed by atoms with Crippen LogP contribution in [0.15, 0.2) is 60.9 Å². The summed E-state index contributed by atoms with van der Waals surface area (Å²) < 4.78 is 0. The highest BCUT2D eigenvalue weighted by molar-refractivity contribution is 5.95. The van der Waals surface area contributed by atoms with Crippen molar-refractivity contribution in [2.75, 3.05) is 31.1 Å². The minimum absolute atomic E-state index is 0.0501. The molecule has 0 unspecified atom stereocenters. The molecule has 1 fully saturated rings. The van der Waals surface area contributed by atoms with Crippen molar-refractivity contribution in [3.05, 3.63) is 66.5 Å². The summed E-state index contributed by atoms with van der Waals surface area (Å²) in [4.78, 5) is 32.8. The number of hydrogen-bond donors (Lipinski definition) is 1. The monoisotopic (exact) mass is 364 g/mol. The minimum atomic E-state index is -0.551. The van der Waals surface area contributed by atoms with Gasteiger partial charge in [-0.25, -0.2) is 0 Å². The number of carbonyl (C=O) groups excluding carboxylic acids is 2. The third kappa shape index (κ3) is 5.17. The molecule has 2 amide bonds. The fourth-order valence-electron chi connectivity index (χ4n) is 3.07. The fourth-order valence-corrected chi connectivity index (χ4v) is 3.07. The van der Waals surface area contributed by atoms with E-state index in [4.69, 9.17) is 0 Å². The van der Waals surface area contributed by atoms with Gasteiger partial charge in [0.25, 0.3) is 0 Å². The normalized spacial score (nSPS) is 15.6. The molecule has 1 aliphatic rings. The van der Waals surface area contributed by atoms with Crippen molar-refractivity contribution in [1.29, 1.82) is 0 Å². The maximum absolute atomic E-state index is 12.6. The summed E-state index contributed by atoms with van der Waals surface area (Å²) >= 11 is 0. The molecule has 1 aromatic heterocycles. The van der Waals surface area contributed by atoms with Crippen LogP contribution in [0.3, 0.4) is 0 Å². The molecule has 1 saturated heterocycles. The first-order valence-corrected chi connectivity index (χ1v) is 9.11. The van der Waals surface area contributed by atoms with Crippen molar-refractivity contribution in [1.82, 2.24) is 15.2 Å². The Bertz CT molecular complexity index is 784. The Morgan fingerprint density at radius 2 is 1.70 bits per heavy atom. The van der Waals surface area contributed by atoms with Crippen molar-refractivity contribution in [2.45, 2.75) is 13.0 Å². The fraction of sp³-hybridized carbons (Fsp3) is 0.286. The standard InChI is InChI=1S/C21H24N4O2/c1-17(23-20(26)8-7-18-5-3-2-4-6-18)21(27)25-15-13-24(14-16-25)19-9-11-22-12-10-19/h2-12,17H,13-16H2,1H3,(H,23,26)/b8-7+/t17-/m0/s1. The van der Waals surface area contributed by atoms with Crippen molar-refractivity contribution >= 4 is 23.6 Å². The highest BCUT2D eigenvalue weighted by atomic mass is 16.2. The Hall–Kier alpha value is -3.15. The molecule has 0 saturated carbocycles. The van der Waals surface area contributed by atoms with Crippen molar-refractivity contribution in [3.63, 3.8) is 0 Å². The molecule has 27 heavy (non-hydrogen) atoms. The van der Waals surface area contributed by atoms with Crippen LogP contribution in [-0.4, -0.2) is 53.9 Å². The van der Waals surface area contributed by atoms with Crippen LogP contribution in [0, 0.1) is 0 Å². The summed E-state index contributed by atoms with van der Waals surface area (Å²) in [7, 11) is 0. The predicted molar refractivity (Wildman–Crippen MR) is 106 cm³/mol. The molecule has 3 rings (SSSR count). The number of anilines is 1. The molecular formula is C21H24N4O2. The quantitative estimate of drug-likeness (QED) is 0.824. The molecule has 1 aromatic carbocycles. The molecule has 1 N–H and O–H groups in total. The molecule has 6 nitrogen and oxygen atoms in total. The van der Waals surface area contributed by atoms with Crippen LogP contribution in [0.5, 0.6) is 0 Å². The van der Waals surface area contributed by atoms with Crippen LogP contribution in [0.1, 0.15) is 12.5 Å². The van der Waals surface area contributed by atoms with E-state index in [-0.39, 0.29) is 11.8 Å². The summed E-state index contributed by atoms with van der Waals surface area (Å²) in [5.41, 5.74) is 2.06. The molecular weight excluding hydrogens is 340 g/mol. The van der Waals surface area contributed by atoms with Gasteiger partial charge in [0.15, 0.2) is 0 Å². The van der Waals surface area contributed by atoms with Gasteiger partial charge in [0.2, 0.25) is 11.8 Å². The largest absolute Gasteiger partial charge is 0.368 e. The van der Waals surface area contributed by atoms with Crippen LogP contribution < -0.4 is 10.2 Å². The van der Waals surface area contributed by atoms with Crippen LogP contribution >= 0.6 is 0 Å². The van der Waals surface area contributed by atoms with Gasteiger partial charge >= 0.3 is 0 Å². The van der Waals surface area contributed by atoms with Gasteiger partial charge in [-0.3, -0.25) is 14.6 Å². The maximum atomic E-state index is 12.6. The van der Waals surface area contributed by atoms with Crippen molar-refractivity contribution < 1.29 is 9.59 Å². The van der Waals surface area contributed by atoms with Gasteiger partial charge in [-0.2, -0.15) is 0 Å². The van der Waals surface area contributed by atoms with Gasteiger partial charge in [-0.15, -0.1) is 0 Å². The van der Waals surface area contributed by atoms with E-state index in [0.29, 0.717) is 13.1 Å². The molecule has 0 aliphatic carbocycles. The molecule has 2 heterocycles. The number of benzene rings is 1.